The van der Waals surface area contributed by atoms with Crippen molar-refractivity contribution in [2.24, 2.45) is 0 Å². The highest BCUT2D eigenvalue weighted by molar-refractivity contribution is 5.77. The number of amides is 1. The number of carbonyl (C=O) groups excluding carboxylic acids is 1. The monoisotopic (exact) mass is 127 g/mol. The Labute approximate surface area is 54.0 Å². The summed E-state index contributed by atoms with van der Waals surface area (Å²) in [6, 6.07) is 1.73. The molecule has 0 heterocycles. The first-order chi connectivity index (χ1) is 4.16. The lowest BCUT2D eigenvalue weighted by atomic mass is 10.5. The number of nitrogens with zero attached hydrogens (tertiary/aromatic N) is 2. The van der Waals surface area contributed by atoms with E-state index in [1.54, 1.807) is 20.2 Å². The molecule has 0 spiro atoms. The van der Waals surface area contributed by atoms with Crippen LogP contribution in [0.4, 0.5) is 0 Å². The highest BCUT2D eigenvalue weighted by atomic mass is 16.2. The highest BCUT2D eigenvalue weighted by Crippen LogP contribution is 1.74. The largest absolute Gasteiger partial charge is 0.289 e. The second-order valence-electron chi connectivity index (χ2n) is 1.76. The Morgan fingerprint density at radius 2 is 2.33 bits per heavy atom. The average molecular weight is 127 g/mol. The minimum atomic E-state index is -0.275. The van der Waals surface area contributed by atoms with Gasteiger partial charge in [-0.15, -0.1) is 0 Å². The van der Waals surface area contributed by atoms with E-state index in [4.69, 9.17) is 5.26 Å². The van der Waals surface area contributed by atoms with E-state index in [0.29, 0.717) is 0 Å². The summed E-state index contributed by atoms with van der Waals surface area (Å²) in [7, 11) is 3.38. The van der Waals surface area contributed by atoms with Gasteiger partial charge in [-0.1, -0.05) is 0 Å². The van der Waals surface area contributed by atoms with E-state index < -0.39 is 0 Å². The van der Waals surface area contributed by atoms with E-state index in [2.05, 4.69) is 5.43 Å². The molecule has 0 aliphatic heterocycles. The van der Waals surface area contributed by atoms with Gasteiger partial charge in [0.25, 0.3) is 0 Å². The lowest BCUT2D eigenvalue weighted by Gasteiger charge is -2.08. The molecule has 0 aromatic rings. The Balaban J connectivity index is 3.42. The molecule has 0 atom stereocenters. The molecule has 0 bridgehead atoms. The molecule has 1 N–H and O–H groups in total. The summed E-state index contributed by atoms with van der Waals surface area (Å²) >= 11 is 0. The molecular formula is C5H9N3O. The van der Waals surface area contributed by atoms with Crippen molar-refractivity contribution in [2.75, 3.05) is 14.1 Å². The number of hydrogen-bond donors (Lipinski definition) is 1. The van der Waals surface area contributed by atoms with Crippen LogP contribution in [0, 0.1) is 11.3 Å². The Morgan fingerprint density at radius 1 is 1.78 bits per heavy atom. The van der Waals surface area contributed by atoms with Crippen molar-refractivity contribution in [3.8, 4) is 6.07 Å². The van der Waals surface area contributed by atoms with E-state index >= 15 is 0 Å². The maximum atomic E-state index is 10.5. The van der Waals surface area contributed by atoms with Gasteiger partial charge in [0.05, 0.1) is 6.07 Å². The molecule has 4 nitrogen and oxygen atoms in total. The molecule has 0 aromatic carbocycles. The number of hydrazine groups is 1. The minimum Gasteiger partial charge on any atom is -0.289 e. The van der Waals surface area contributed by atoms with Gasteiger partial charge in [-0.05, 0) is 0 Å². The van der Waals surface area contributed by atoms with Crippen LogP contribution in [0.3, 0.4) is 0 Å². The van der Waals surface area contributed by atoms with Crippen LogP contribution in [-0.4, -0.2) is 25.0 Å². The molecule has 0 aliphatic rings. The first-order valence-electron chi connectivity index (χ1n) is 2.50. The van der Waals surface area contributed by atoms with Gasteiger partial charge in [0, 0.05) is 14.1 Å². The lowest BCUT2D eigenvalue weighted by molar-refractivity contribution is -0.123. The SMILES string of the molecule is CN(C)NC(=O)CC#N. The molecule has 0 radical (unpaired) electrons. The zero-order valence-corrected chi connectivity index (χ0v) is 5.51. The normalized spacial score (nSPS) is 8.67. The fraction of sp³-hybridized carbons (Fsp3) is 0.600. The van der Waals surface area contributed by atoms with E-state index in [9.17, 15) is 4.79 Å². The van der Waals surface area contributed by atoms with E-state index in [1.165, 1.54) is 5.01 Å². The standard InChI is InChI=1S/C5H9N3O/c1-8(2)7-5(9)3-4-6/h3H2,1-2H3,(H,7,9). The molecule has 0 fully saturated rings. The highest BCUT2D eigenvalue weighted by Gasteiger charge is 1.97. The molecular weight excluding hydrogens is 118 g/mol. The third kappa shape index (κ3) is 4.78. The summed E-state index contributed by atoms with van der Waals surface area (Å²) in [5.74, 6) is -0.275. The average Bonchev–Trinajstić information content (AvgIpc) is 1.63. The molecule has 0 rings (SSSR count). The predicted octanol–water partition coefficient (Wildman–Crippen LogP) is -0.507. The van der Waals surface area contributed by atoms with Crippen molar-refractivity contribution in [2.45, 2.75) is 6.42 Å². The third-order valence-electron chi connectivity index (χ3n) is 0.588. The van der Waals surface area contributed by atoms with Crippen LogP contribution >= 0.6 is 0 Å². The van der Waals surface area contributed by atoms with Gasteiger partial charge >= 0.3 is 0 Å². The van der Waals surface area contributed by atoms with E-state index in [1.807, 2.05) is 0 Å². The summed E-state index contributed by atoms with van der Waals surface area (Å²) in [5.41, 5.74) is 2.42. The molecule has 4 heteroatoms. The van der Waals surface area contributed by atoms with Gasteiger partial charge in [0.15, 0.2) is 0 Å². The molecule has 0 unspecified atom stereocenters. The van der Waals surface area contributed by atoms with E-state index in [-0.39, 0.29) is 12.3 Å². The topological polar surface area (TPSA) is 56.1 Å². The van der Waals surface area contributed by atoms with Crippen molar-refractivity contribution in [1.82, 2.24) is 10.4 Å². The van der Waals surface area contributed by atoms with Gasteiger partial charge in [0.1, 0.15) is 6.42 Å². The molecule has 0 aliphatic carbocycles. The number of rotatable bonds is 2. The zero-order valence-electron chi connectivity index (χ0n) is 5.51. The van der Waals surface area contributed by atoms with Gasteiger partial charge < -0.3 is 0 Å². The number of carbonyl (C=O) groups is 1. The third-order valence-corrected chi connectivity index (χ3v) is 0.588. The van der Waals surface area contributed by atoms with Crippen molar-refractivity contribution in [3.05, 3.63) is 0 Å². The molecule has 0 saturated carbocycles. The van der Waals surface area contributed by atoms with Crippen LogP contribution in [-0.2, 0) is 4.79 Å². The van der Waals surface area contributed by atoms with Crippen LogP contribution in [0.2, 0.25) is 0 Å². The summed E-state index contributed by atoms with van der Waals surface area (Å²) < 4.78 is 0. The quantitative estimate of drug-likeness (QED) is 0.508. The number of nitrogens with one attached hydrogen (secondary N) is 1. The maximum absolute atomic E-state index is 10.5. The predicted molar refractivity (Wildman–Crippen MR) is 32.1 cm³/mol. The fourth-order valence-corrected chi connectivity index (χ4v) is 0.361. The minimum absolute atomic E-state index is 0.0851. The van der Waals surface area contributed by atoms with Gasteiger partial charge in [-0.25, -0.2) is 5.01 Å². The Morgan fingerprint density at radius 3 is 2.67 bits per heavy atom. The molecule has 1 amide bonds. The first-order valence-corrected chi connectivity index (χ1v) is 2.50. The zero-order chi connectivity index (χ0) is 7.28. The molecule has 0 saturated heterocycles. The second kappa shape index (κ2) is 3.87. The second-order valence-corrected chi connectivity index (χ2v) is 1.76. The van der Waals surface area contributed by atoms with Crippen LogP contribution in [0.15, 0.2) is 0 Å². The first kappa shape index (κ1) is 7.92. The van der Waals surface area contributed by atoms with Crippen LogP contribution in [0.5, 0.6) is 0 Å². The number of hydrogen-bond acceptors (Lipinski definition) is 3. The van der Waals surface area contributed by atoms with E-state index in [0.717, 1.165) is 0 Å². The molecule has 0 aromatic heterocycles. The van der Waals surface area contributed by atoms with Crippen molar-refractivity contribution < 1.29 is 4.79 Å². The Hall–Kier alpha value is -1.08. The van der Waals surface area contributed by atoms with Crippen molar-refractivity contribution in [1.29, 1.82) is 5.26 Å². The summed E-state index contributed by atoms with van der Waals surface area (Å²) in [6.45, 7) is 0. The van der Waals surface area contributed by atoms with Crippen LogP contribution in [0.25, 0.3) is 0 Å². The van der Waals surface area contributed by atoms with Gasteiger partial charge in [0.2, 0.25) is 5.91 Å². The summed E-state index contributed by atoms with van der Waals surface area (Å²) in [5, 5.41) is 9.52. The molecule has 50 valence electrons. The lowest BCUT2D eigenvalue weighted by Crippen LogP contribution is -2.35. The van der Waals surface area contributed by atoms with Gasteiger partial charge in [-0.3, -0.25) is 10.2 Å². The fourth-order valence-electron chi connectivity index (χ4n) is 0.361. The Bertz CT molecular complexity index is 136. The summed E-state index contributed by atoms with van der Waals surface area (Å²) in [4.78, 5) is 10.5. The molecule has 9 heavy (non-hydrogen) atoms. The van der Waals surface area contributed by atoms with Crippen molar-refractivity contribution >= 4 is 5.91 Å². The maximum Gasteiger partial charge on any atom is 0.248 e. The Kier molecular flexibility index (Phi) is 3.40. The van der Waals surface area contributed by atoms with Crippen LogP contribution in [0.1, 0.15) is 6.42 Å². The van der Waals surface area contributed by atoms with Crippen molar-refractivity contribution in [3.63, 3.8) is 0 Å². The van der Waals surface area contributed by atoms with Crippen LogP contribution < -0.4 is 5.43 Å². The van der Waals surface area contributed by atoms with Gasteiger partial charge in [-0.2, -0.15) is 5.26 Å². The summed E-state index contributed by atoms with van der Waals surface area (Å²) in [6.07, 6.45) is -0.0851. The smallest absolute Gasteiger partial charge is 0.248 e. The number of nitriles is 1.